The highest BCUT2D eigenvalue weighted by Crippen LogP contribution is 2.35. The fourth-order valence-electron chi connectivity index (χ4n) is 3.71. The molecule has 2 fully saturated rings. The van der Waals surface area contributed by atoms with Gasteiger partial charge in [-0.1, -0.05) is 6.92 Å². The molecule has 9 nitrogen and oxygen atoms in total. The minimum Gasteiger partial charge on any atom is -0.378 e. The Kier molecular flexibility index (Phi) is 4.94. The Hall–Kier alpha value is -2.16. The summed E-state index contributed by atoms with van der Waals surface area (Å²) in [4.78, 5) is 23.9. The maximum atomic E-state index is 11.6. The Labute approximate surface area is 147 Å². The summed E-state index contributed by atoms with van der Waals surface area (Å²) in [6.45, 7) is 8.85. The maximum absolute atomic E-state index is 11.6. The molecule has 3 heterocycles. The molecule has 25 heavy (non-hydrogen) atoms. The normalized spacial score (nSPS) is 27.4. The van der Waals surface area contributed by atoms with Crippen molar-refractivity contribution in [3.05, 3.63) is 10.1 Å². The molecule has 2 aliphatic heterocycles. The second-order valence-electron chi connectivity index (χ2n) is 7.19. The zero-order valence-corrected chi connectivity index (χ0v) is 15.0. The van der Waals surface area contributed by atoms with Crippen LogP contribution in [0.2, 0.25) is 0 Å². The Balaban J connectivity index is 2.00. The van der Waals surface area contributed by atoms with Gasteiger partial charge >= 0.3 is 5.69 Å². The number of ether oxygens (including phenoxy) is 1. The molecule has 3 unspecified atom stereocenters. The topological polar surface area (TPSA) is 111 Å². The Morgan fingerprint density at radius 2 is 1.84 bits per heavy atom. The summed E-state index contributed by atoms with van der Waals surface area (Å²) >= 11 is 0. The van der Waals surface area contributed by atoms with Crippen LogP contribution in [0.4, 0.5) is 23.3 Å². The van der Waals surface area contributed by atoms with Crippen LogP contribution in [0.15, 0.2) is 0 Å². The monoisotopic (exact) mass is 350 g/mol. The Bertz CT molecular complexity index is 645. The summed E-state index contributed by atoms with van der Waals surface area (Å²) in [5.74, 6) is 1.25. The van der Waals surface area contributed by atoms with Crippen LogP contribution in [0, 0.1) is 16.0 Å². The van der Waals surface area contributed by atoms with Crippen molar-refractivity contribution >= 4 is 23.3 Å². The Morgan fingerprint density at radius 3 is 2.44 bits per heavy atom. The molecule has 2 aliphatic rings. The van der Waals surface area contributed by atoms with Gasteiger partial charge in [-0.25, -0.2) is 0 Å². The number of nitro groups is 1. The van der Waals surface area contributed by atoms with Crippen LogP contribution in [-0.4, -0.2) is 53.3 Å². The highest BCUT2D eigenvalue weighted by Gasteiger charge is 2.33. The molecular weight excluding hydrogens is 324 g/mol. The van der Waals surface area contributed by atoms with Crippen LogP contribution in [0.5, 0.6) is 0 Å². The van der Waals surface area contributed by atoms with Gasteiger partial charge in [-0.2, -0.15) is 9.97 Å². The molecule has 0 saturated carbocycles. The van der Waals surface area contributed by atoms with E-state index in [0.29, 0.717) is 30.8 Å². The van der Waals surface area contributed by atoms with E-state index in [1.54, 1.807) is 0 Å². The number of nitrogens with two attached hydrogens (primary N) is 1. The van der Waals surface area contributed by atoms with Crippen LogP contribution in [0.3, 0.4) is 0 Å². The number of piperidine rings is 1. The van der Waals surface area contributed by atoms with Gasteiger partial charge in [0.15, 0.2) is 0 Å². The largest absolute Gasteiger partial charge is 0.378 e. The number of morpholine rings is 1. The highest BCUT2D eigenvalue weighted by atomic mass is 16.6. The zero-order chi connectivity index (χ0) is 18.1. The van der Waals surface area contributed by atoms with Crippen molar-refractivity contribution in [2.75, 3.05) is 41.7 Å². The minimum absolute atomic E-state index is 0.0296. The maximum Gasteiger partial charge on any atom is 0.353 e. The zero-order valence-electron chi connectivity index (χ0n) is 15.0. The van der Waals surface area contributed by atoms with Gasteiger partial charge in [0.05, 0.1) is 17.1 Å². The molecule has 2 N–H and O–H groups in total. The average Bonchev–Trinajstić information content (AvgIpc) is 2.52. The van der Waals surface area contributed by atoms with E-state index in [1.165, 1.54) is 6.42 Å². The first-order chi connectivity index (χ1) is 11.8. The fraction of sp³-hybridized carbons (Fsp3) is 0.750. The van der Waals surface area contributed by atoms with Gasteiger partial charge in [-0.15, -0.1) is 0 Å². The van der Waals surface area contributed by atoms with Crippen molar-refractivity contribution in [2.45, 2.75) is 45.8 Å². The molecule has 0 aromatic carbocycles. The molecule has 1 aromatic heterocycles. The number of nitrogen functional groups attached to an aromatic ring is 1. The van der Waals surface area contributed by atoms with Crippen LogP contribution >= 0.6 is 0 Å². The van der Waals surface area contributed by atoms with Crippen LogP contribution in [0.1, 0.15) is 33.6 Å². The molecule has 3 rings (SSSR count). The highest BCUT2D eigenvalue weighted by molar-refractivity contribution is 5.71. The van der Waals surface area contributed by atoms with E-state index in [2.05, 4.69) is 21.8 Å². The summed E-state index contributed by atoms with van der Waals surface area (Å²) in [5, 5.41) is 11.6. The second kappa shape index (κ2) is 6.99. The van der Waals surface area contributed by atoms with Crippen molar-refractivity contribution in [2.24, 2.45) is 5.92 Å². The molecule has 0 aliphatic carbocycles. The third-order valence-corrected chi connectivity index (χ3v) is 4.72. The lowest BCUT2D eigenvalue weighted by molar-refractivity contribution is -0.383. The SMILES string of the molecule is CC1CCCN(c2nc(N)c([N+](=O)[O-])c(N3CC(C)OC(C)C3)n2)C1. The number of aromatic nitrogens is 2. The Morgan fingerprint density at radius 1 is 1.16 bits per heavy atom. The van der Waals surface area contributed by atoms with Crippen molar-refractivity contribution in [3.63, 3.8) is 0 Å². The summed E-state index contributed by atoms with van der Waals surface area (Å²) in [7, 11) is 0. The van der Waals surface area contributed by atoms with Crippen LogP contribution in [0.25, 0.3) is 0 Å². The van der Waals surface area contributed by atoms with E-state index in [9.17, 15) is 10.1 Å². The molecule has 0 spiro atoms. The van der Waals surface area contributed by atoms with Gasteiger partial charge in [-0.3, -0.25) is 10.1 Å². The lowest BCUT2D eigenvalue weighted by atomic mass is 10.0. The van der Waals surface area contributed by atoms with Crippen molar-refractivity contribution in [3.8, 4) is 0 Å². The number of hydrogen-bond acceptors (Lipinski definition) is 8. The summed E-state index contributed by atoms with van der Waals surface area (Å²) in [6.07, 6.45) is 2.17. The molecular formula is C16H26N6O3. The number of rotatable bonds is 3. The van der Waals surface area contributed by atoms with E-state index >= 15 is 0 Å². The third-order valence-electron chi connectivity index (χ3n) is 4.72. The number of hydrogen-bond donors (Lipinski definition) is 1. The van der Waals surface area contributed by atoms with Crippen molar-refractivity contribution < 1.29 is 9.66 Å². The summed E-state index contributed by atoms with van der Waals surface area (Å²) < 4.78 is 5.73. The van der Waals surface area contributed by atoms with Gasteiger partial charge in [0.25, 0.3) is 0 Å². The predicted octanol–water partition coefficient (Wildman–Crippen LogP) is 1.82. The van der Waals surface area contributed by atoms with Crippen molar-refractivity contribution in [1.82, 2.24) is 9.97 Å². The minimum atomic E-state index is -0.488. The smallest absolute Gasteiger partial charge is 0.353 e. The van der Waals surface area contributed by atoms with Gasteiger partial charge in [0.2, 0.25) is 17.6 Å². The average molecular weight is 350 g/mol. The molecule has 1 aromatic rings. The van der Waals surface area contributed by atoms with Gasteiger partial charge in [0, 0.05) is 26.2 Å². The number of nitrogens with zero attached hydrogens (tertiary/aromatic N) is 5. The van der Waals surface area contributed by atoms with Gasteiger partial charge in [0.1, 0.15) is 0 Å². The quantitative estimate of drug-likeness (QED) is 0.649. The van der Waals surface area contributed by atoms with E-state index in [1.807, 2.05) is 18.7 Å². The molecule has 138 valence electrons. The van der Waals surface area contributed by atoms with E-state index < -0.39 is 4.92 Å². The first-order valence-corrected chi connectivity index (χ1v) is 8.82. The van der Waals surface area contributed by atoms with E-state index in [4.69, 9.17) is 10.5 Å². The first kappa shape index (κ1) is 17.7. The lowest BCUT2D eigenvalue weighted by Gasteiger charge is -2.36. The summed E-state index contributed by atoms with van der Waals surface area (Å²) in [6, 6.07) is 0. The number of anilines is 3. The molecule has 0 radical (unpaired) electrons. The molecule has 0 amide bonds. The van der Waals surface area contributed by atoms with Gasteiger partial charge < -0.3 is 20.3 Å². The second-order valence-corrected chi connectivity index (χ2v) is 7.19. The van der Waals surface area contributed by atoms with Crippen molar-refractivity contribution in [1.29, 1.82) is 0 Å². The molecule has 0 bridgehead atoms. The molecule has 9 heteroatoms. The van der Waals surface area contributed by atoms with Crippen LogP contribution < -0.4 is 15.5 Å². The van der Waals surface area contributed by atoms with E-state index in [-0.39, 0.29) is 23.7 Å². The lowest BCUT2D eigenvalue weighted by Crippen LogP contribution is -2.46. The molecule has 2 saturated heterocycles. The van der Waals surface area contributed by atoms with E-state index in [0.717, 1.165) is 19.5 Å². The van der Waals surface area contributed by atoms with Gasteiger partial charge in [-0.05, 0) is 32.6 Å². The standard InChI is InChI=1S/C16H26N6O3/c1-10-5-4-6-20(7-10)16-18-14(17)13(22(23)24)15(19-16)21-8-11(2)25-12(3)9-21/h10-12H,4-9H2,1-3H3,(H2,17,18,19). The van der Waals surface area contributed by atoms with Crippen LogP contribution in [-0.2, 0) is 4.74 Å². The predicted molar refractivity (Wildman–Crippen MR) is 95.9 cm³/mol. The first-order valence-electron chi connectivity index (χ1n) is 8.82. The third kappa shape index (κ3) is 3.76. The fourth-order valence-corrected chi connectivity index (χ4v) is 3.71. The molecule has 3 atom stereocenters. The summed E-state index contributed by atoms with van der Waals surface area (Å²) in [5.41, 5.74) is 5.75.